The zero-order chi connectivity index (χ0) is 12.5. The monoisotopic (exact) mass is 261 g/mol. The largest absolute Gasteiger partial charge is 0.376 e. The lowest BCUT2D eigenvalue weighted by atomic mass is 10.2. The Balaban J connectivity index is 2.09. The van der Waals surface area contributed by atoms with E-state index < -0.39 is 0 Å². The number of hydrogen-bond donors (Lipinski definition) is 0. The van der Waals surface area contributed by atoms with Crippen LogP contribution in [0.2, 0.25) is 0 Å². The number of halogens is 1. The molecule has 0 radical (unpaired) electrons. The molecule has 0 amide bonds. The van der Waals surface area contributed by atoms with Crippen LogP contribution in [-0.2, 0) is 17.2 Å². The second kappa shape index (κ2) is 4.60. The zero-order valence-corrected chi connectivity index (χ0v) is 10.5. The van der Waals surface area contributed by atoms with Crippen molar-refractivity contribution in [2.45, 2.75) is 24.9 Å². The van der Waals surface area contributed by atoms with Crippen molar-refractivity contribution in [3.05, 3.63) is 29.6 Å². The minimum atomic E-state index is 0.245. The molecule has 0 spiro atoms. The highest BCUT2D eigenvalue weighted by Gasteiger charge is 2.21. The van der Waals surface area contributed by atoms with Crippen LogP contribution in [0.15, 0.2) is 18.2 Å². The molecule has 0 unspecified atom stereocenters. The third-order valence-corrected chi connectivity index (χ3v) is 3.49. The van der Waals surface area contributed by atoms with E-state index in [1.165, 1.54) is 0 Å². The van der Waals surface area contributed by atoms with E-state index in [9.17, 15) is 0 Å². The molecule has 2 heterocycles. The Kier molecular flexibility index (Phi) is 2.94. The van der Waals surface area contributed by atoms with Gasteiger partial charge in [-0.3, -0.25) is 0 Å². The third-order valence-electron chi connectivity index (χ3n) is 3.26. The highest BCUT2D eigenvalue weighted by Crippen LogP contribution is 2.22. The fourth-order valence-corrected chi connectivity index (χ4v) is 2.38. The minimum absolute atomic E-state index is 0.245. The Labute approximate surface area is 110 Å². The Morgan fingerprint density at radius 1 is 1.56 bits per heavy atom. The molecule has 92 valence electrons. The van der Waals surface area contributed by atoms with Gasteiger partial charge in [-0.1, -0.05) is 0 Å². The van der Waals surface area contributed by atoms with Crippen LogP contribution in [0.3, 0.4) is 0 Å². The van der Waals surface area contributed by atoms with Gasteiger partial charge in [0.15, 0.2) is 0 Å². The van der Waals surface area contributed by atoms with Gasteiger partial charge in [0.2, 0.25) is 0 Å². The van der Waals surface area contributed by atoms with Crippen LogP contribution in [0.1, 0.15) is 17.8 Å². The van der Waals surface area contributed by atoms with E-state index in [0.717, 1.165) is 36.4 Å². The maximum Gasteiger partial charge on any atom is 0.124 e. The van der Waals surface area contributed by atoms with Crippen molar-refractivity contribution >= 4 is 22.6 Å². The summed E-state index contributed by atoms with van der Waals surface area (Å²) in [5.74, 6) is 1.20. The first kappa shape index (κ1) is 11.5. The average Bonchev–Trinajstić information content (AvgIpc) is 2.70. The van der Waals surface area contributed by atoms with Crippen LogP contribution < -0.4 is 0 Å². The number of nitriles is 1. The van der Waals surface area contributed by atoms with Gasteiger partial charge in [-0.05, 0) is 24.6 Å². The van der Waals surface area contributed by atoms with Crippen molar-refractivity contribution in [3.63, 3.8) is 0 Å². The van der Waals surface area contributed by atoms with E-state index in [-0.39, 0.29) is 6.10 Å². The van der Waals surface area contributed by atoms with E-state index in [1.807, 2.05) is 12.1 Å². The third kappa shape index (κ3) is 1.86. The highest BCUT2D eigenvalue weighted by atomic mass is 35.5. The Hall–Kier alpha value is -1.57. The van der Waals surface area contributed by atoms with E-state index >= 15 is 0 Å². The SMILES string of the molecule is N#Cc1ccc2nc(CCl)n(C[C@@H]3CCO3)c2c1. The number of imidazole rings is 1. The van der Waals surface area contributed by atoms with E-state index in [1.54, 1.807) is 6.07 Å². The first-order valence-corrected chi connectivity index (χ1v) is 6.42. The Morgan fingerprint density at radius 2 is 2.39 bits per heavy atom. The lowest BCUT2D eigenvalue weighted by Crippen LogP contribution is -2.31. The molecule has 2 aromatic rings. The molecule has 18 heavy (non-hydrogen) atoms. The number of fused-ring (bicyclic) bond motifs is 1. The van der Waals surface area contributed by atoms with Gasteiger partial charge < -0.3 is 9.30 Å². The van der Waals surface area contributed by atoms with Gasteiger partial charge in [0.05, 0.1) is 41.2 Å². The number of aromatic nitrogens is 2. The standard InChI is InChI=1S/C13H12ClN3O/c14-6-13-16-11-2-1-9(7-15)5-12(11)17(13)8-10-3-4-18-10/h1-2,5,10H,3-4,6,8H2/t10-/m0/s1. The Morgan fingerprint density at radius 3 is 3.00 bits per heavy atom. The second-order valence-corrected chi connectivity index (χ2v) is 4.64. The molecule has 0 aliphatic carbocycles. The van der Waals surface area contributed by atoms with Crippen LogP contribution in [0, 0.1) is 11.3 Å². The topological polar surface area (TPSA) is 50.8 Å². The summed E-state index contributed by atoms with van der Waals surface area (Å²) in [5.41, 5.74) is 2.48. The quantitative estimate of drug-likeness (QED) is 0.798. The van der Waals surface area contributed by atoms with Gasteiger partial charge in [0, 0.05) is 6.61 Å². The van der Waals surface area contributed by atoms with Gasteiger partial charge in [-0.15, -0.1) is 11.6 Å². The smallest absolute Gasteiger partial charge is 0.124 e. The first-order chi connectivity index (χ1) is 8.81. The summed E-state index contributed by atoms with van der Waals surface area (Å²) in [5, 5.41) is 8.96. The van der Waals surface area contributed by atoms with Crippen molar-refractivity contribution in [1.29, 1.82) is 5.26 Å². The normalized spacial score (nSPS) is 18.6. The van der Waals surface area contributed by atoms with Crippen molar-refractivity contribution in [3.8, 4) is 6.07 Å². The molecule has 1 aliphatic heterocycles. The summed E-state index contributed by atoms with van der Waals surface area (Å²) in [7, 11) is 0. The molecule has 1 atom stereocenters. The van der Waals surface area contributed by atoms with Crippen LogP contribution in [0.25, 0.3) is 11.0 Å². The molecule has 0 N–H and O–H groups in total. The first-order valence-electron chi connectivity index (χ1n) is 5.88. The summed E-state index contributed by atoms with van der Waals surface area (Å²) in [6.07, 6.45) is 1.31. The minimum Gasteiger partial charge on any atom is -0.376 e. The molecular weight excluding hydrogens is 250 g/mol. The van der Waals surface area contributed by atoms with Crippen LogP contribution in [0.5, 0.6) is 0 Å². The summed E-state index contributed by atoms with van der Waals surface area (Å²) in [6.45, 7) is 1.59. The molecule has 4 nitrogen and oxygen atoms in total. The molecule has 1 saturated heterocycles. The lowest BCUT2D eigenvalue weighted by molar-refractivity contribution is -0.0589. The van der Waals surface area contributed by atoms with Gasteiger partial charge >= 0.3 is 0 Å². The number of hydrogen-bond acceptors (Lipinski definition) is 3. The van der Waals surface area contributed by atoms with Gasteiger partial charge in [-0.25, -0.2) is 4.98 Å². The molecule has 1 aromatic heterocycles. The Bertz CT molecular complexity index is 625. The number of alkyl halides is 1. The molecular formula is C13H12ClN3O. The summed E-state index contributed by atoms with van der Waals surface area (Å²) < 4.78 is 7.51. The van der Waals surface area contributed by atoms with Gasteiger partial charge in [0.1, 0.15) is 5.82 Å². The van der Waals surface area contributed by atoms with Crippen molar-refractivity contribution in [2.24, 2.45) is 0 Å². The van der Waals surface area contributed by atoms with E-state index in [2.05, 4.69) is 15.6 Å². The number of ether oxygens (including phenoxy) is 1. The highest BCUT2D eigenvalue weighted by molar-refractivity contribution is 6.16. The number of rotatable bonds is 3. The molecule has 0 bridgehead atoms. The maximum atomic E-state index is 8.96. The predicted octanol–water partition coefficient (Wildman–Crippen LogP) is 2.44. The van der Waals surface area contributed by atoms with Crippen molar-refractivity contribution in [1.82, 2.24) is 9.55 Å². The number of nitrogens with zero attached hydrogens (tertiary/aromatic N) is 3. The summed E-state index contributed by atoms with van der Waals surface area (Å²) in [6, 6.07) is 7.65. The molecule has 5 heteroatoms. The van der Waals surface area contributed by atoms with E-state index in [4.69, 9.17) is 21.6 Å². The van der Waals surface area contributed by atoms with Gasteiger partial charge in [0.25, 0.3) is 0 Å². The molecule has 1 fully saturated rings. The van der Waals surface area contributed by atoms with Gasteiger partial charge in [-0.2, -0.15) is 5.26 Å². The second-order valence-electron chi connectivity index (χ2n) is 4.37. The fraction of sp³-hybridized carbons (Fsp3) is 0.385. The average molecular weight is 262 g/mol. The zero-order valence-electron chi connectivity index (χ0n) is 9.77. The molecule has 1 aromatic carbocycles. The molecule has 3 rings (SSSR count). The molecule has 0 saturated carbocycles. The van der Waals surface area contributed by atoms with Crippen molar-refractivity contribution in [2.75, 3.05) is 6.61 Å². The van der Waals surface area contributed by atoms with Crippen molar-refractivity contribution < 1.29 is 4.74 Å². The predicted molar refractivity (Wildman–Crippen MR) is 68.4 cm³/mol. The van der Waals surface area contributed by atoms with Crippen LogP contribution in [0.4, 0.5) is 0 Å². The van der Waals surface area contributed by atoms with Crippen LogP contribution >= 0.6 is 11.6 Å². The summed E-state index contributed by atoms with van der Waals surface area (Å²) in [4.78, 5) is 4.48. The fourth-order valence-electron chi connectivity index (χ4n) is 2.18. The number of benzene rings is 1. The summed E-state index contributed by atoms with van der Waals surface area (Å²) >= 11 is 5.93. The maximum absolute atomic E-state index is 8.96. The molecule has 1 aliphatic rings. The lowest BCUT2D eigenvalue weighted by Gasteiger charge is -2.27. The van der Waals surface area contributed by atoms with E-state index in [0.29, 0.717) is 11.4 Å². The van der Waals surface area contributed by atoms with Crippen LogP contribution in [-0.4, -0.2) is 22.3 Å².